The smallest absolute Gasteiger partial charge is 0.242 e. The van der Waals surface area contributed by atoms with Crippen LogP contribution in [-0.4, -0.2) is 25.6 Å². The Labute approximate surface area is 110 Å². The second-order valence-electron chi connectivity index (χ2n) is 3.61. The Balaban J connectivity index is 2.68. The van der Waals surface area contributed by atoms with E-state index >= 15 is 0 Å². The third-order valence-electron chi connectivity index (χ3n) is 2.28. The minimum Gasteiger partial charge on any atom is -0.496 e. The molecule has 5 heteroatoms. The molecule has 0 aliphatic heterocycles. The number of hydrogen-bond acceptors (Lipinski definition) is 3. The molecule has 1 rings (SSSR count). The summed E-state index contributed by atoms with van der Waals surface area (Å²) in [4.78, 5) is 11.5. The Hall–Kier alpha value is -1.23. The number of likely N-dealkylation sites (N-methyl/N-ethyl adjacent to an activating group) is 1. The molecule has 0 aliphatic rings. The van der Waals surface area contributed by atoms with E-state index in [1.165, 1.54) is 0 Å². The number of nitrogens with one attached hydrogen (secondary N) is 2. The summed E-state index contributed by atoms with van der Waals surface area (Å²) in [5.74, 6) is 0.751. The highest BCUT2D eigenvalue weighted by atomic mass is 79.9. The van der Waals surface area contributed by atoms with Gasteiger partial charge in [-0.05, 0) is 48.0 Å². The second kappa shape index (κ2) is 6.49. The van der Waals surface area contributed by atoms with E-state index in [-0.39, 0.29) is 11.9 Å². The Morgan fingerprint density at radius 1 is 1.53 bits per heavy atom. The maximum atomic E-state index is 11.5. The molecule has 0 bridgehead atoms. The van der Waals surface area contributed by atoms with Gasteiger partial charge in [-0.15, -0.1) is 0 Å². The van der Waals surface area contributed by atoms with Crippen molar-refractivity contribution < 1.29 is 9.53 Å². The van der Waals surface area contributed by atoms with Gasteiger partial charge in [-0.3, -0.25) is 4.79 Å². The van der Waals surface area contributed by atoms with Crippen LogP contribution in [0.5, 0.6) is 5.75 Å². The van der Waals surface area contributed by atoms with Crippen molar-refractivity contribution in [1.82, 2.24) is 5.32 Å². The molecule has 1 atom stereocenters. The van der Waals surface area contributed by atoms with Crippen LogP contribution < -0.4 is 15.4 Å². The van der Waals surface area contributed by atoms with Crippen LogP contribution in [0.15, 0.2) is 22.7 Å². The minimum absolute atomic E-state index is 0.0144. The summed E-state index contributed by atoms with van der Waals surface area (Å²) in [6.07, 6.45) is 0. The van der Waals surface area contributed by atoms with Gasteiger partial charge in [-0.1, -0.05) is 0 Å². The molecule has 17 heavy (non-hydrogen) atoms. The van der Waals surface area contributed by atoms with Crippen molar-refractivity contribution in [2.75, 3.05) is 19.0 Å². The van der Waals surface area contributed by atoms with Crippen molar-refractivity contribution in [1.29, 1.82) is 0 Å². The minimum atomic E-state index is -0.268. The predicted molar refractivity (Wildman–Crippen MR) is 72.5 cm³/mol. The summed E-state index contributed by atoms with van der Waals surface area (Å²) < 4.78 is 5.99. The number of carbonyl (C=O) groups excluding carboxylic acids is 1. The Morgan fingerprint density at radius 2 is 2.24 bits per heavy atom. The molecule has 0 heterocycles. The molecule has 94 valence electrons. The van der Waals surface area contributed by atoms with Gasteiger partial charge in [0.2, 0.25) is 5.91 Å². The number of amides is 1. The van der Waals surface area contributed by atoms with Crippen LogP contribution in [0.3, 0.4) is 0 Å². The van der Waals surface area contributed by atoms with Gasteiger partial charge in [0.05, 0.1) is 11.6 Å². The molecule has 1 unspecified atom stereocenters. The van der Waals surface area contributed by atoms with Crippen molar-refractivity contribution in [2.45, 2.75) is 19.9 Å². The first-order chi connectivity index (χ1) is 8.08. The van der Waals surface area contributed by atoms with E-state index in [1.54, 1.807) is 7.11 Å². The molecule has 0 aliphatic carbocycles. The summed E-state index contributed by atoms with van der Waals surface area (Å²) in [6, 6.07) is 5.33. The van der Waals surface area contributed by atoms with E-state index in [2.05, 4.69) is 26.6 Å². The summed E-state index contributed by atoms with van der Waals surface area (Å²) >= 11 is 3.40. The highest BCUT2D eigenvalue weighted by Crippen LogP contribution is 2.27. The number of ether oxygens (including phenoxy) is 1. The topological polar surface area (TPSA) is 50.4 Å². The van der Waals surface area contributed by atoms with Crippen LogP contribution in [0.2, 0.25) is 0 Å². The van der Waals surface area contributed by atoms with Gasteiger partial charge in [-0.2, -0.15) is 0 Å². The van der Waals surface area contributed by atoms with Gasteiger partial charge >= 0.3 is 0 Å². The largest absolute Gasteiger partial charge is 0.496 e. The van der Waals surface area contributed by atoms with E-state index in [4.69, 9.17) is 4.74 Å². The first kappa shape index (κ1) is 13.8. The SMILES string of the molecule is CCNC(=O)C(C)Nc1ccc(OC)c(Br)c1. The molecule has 4 nitrogen and oxygen atoms in total. The number of halogens is 1. The maximum absolute atomic E-state index is 11.5. The standard InChI is InChI=1S/C12H17BrN2O2/c1-4-14-12(16)8(2)15-9-5-6-11(17-3)10(13)7-9/h5-8,15H,4H2,1-3H3,(H,14,16). The molecule has 0 fully saturated rings. The second-order valence-corrected chi connectivity index (χ2v) is 4.46. The third kappa shape index (κ3) is 3.93. The van der Waals surface area contributed by atoms with Gasteiger partial charge < -0.3 is 15.4 Å². The quantitative estimate of drug-likeness (QED) is 0.878. The number of benzene rings is 1. The molecule has 1 aromatic carbocycles. The fourth-order valence-electron chi connectivity index (χ4n) is 1.40. The lowest BCUT2D eigenvalue weighted by molar-refractivity contribution is -0.121. The van der Waals surface area contributed by atoms with Gasteiger partial charge in [0.25, 0.3) is 0 Å². The highest BCUT2D eigenvalue weighted by Gasteiger charge is 2.11. The molecular formula is C12H17BrN2O2. The van der Waals surface area contributed by atoms with Crippen LogP contribution in [0.1, 0.15) is 13.8 Å². The molecule has 2 N–H and O–H groups in total. The molecule has 1 amide bonds. The molecule has 0 saturated heterocycles. The highest BCUT2D eigenvalue weighted by molar-refractivity contribution is 9.10. The van der Waals surface area contributed by atoms with Crippen molar-refractivity contribution >= 4 is 27.5 Å². The Kier molecular flexibility index (Phi) is 5.28. The number of rotatable bonds is 5. The lowest BCUT2D eigenvalue weighted by Crippen LogP contribution is -2.37. The monoisotopic (exact) mass is 300 g/mol. The van der Waals surface area contributed by atoms with E-state index in [0.29, 0.717) is 6.54 Å². The number of methoxy groups -OCH3 is 1. The fourth-order valence-corrected chi connectivity index (χ4v) is 1.94. The summed E-state index contributed by atoms with van der Waals surface area (Å²) in [5, 5.41) is 5.89. The zero-order valence-electron chi connectivity index (χ0n) is 10.2. The van der Waals surface area contributed by atoms with E-state index in [0.717, 1.165) is 15.9 Å². The summed E-state index contributed by atoms with van der Waals surface area (Å²) in [7, 11) is 1.62. The van der Waals surface area contributed by atoms with E-state index in [1.807, 2.05) is 32.0 Å². The van der Waals surface area contributed by atoms with Gasteiger partial charge in [0.1, 0.15) is 11.8 Å². The average Bonchev–Trinajstić information content (AvgIpc) is 2.29. The van der Waals surface area contributed by atoms with Crippen LogP contribution in [0, 0.1) is 0 Å². The zero-order chi connectivity index (χ0) is 12.8. The summed E-state index contributed by atoms with van der Waals surface area (Å²) in [6.45, 7) is 4.36. The normalized spacial score (nSPS) is 11.8. The number of hydrogen-bond donors (Lipinski definition) is 2. The zero-order valence-corrected chi connectivity index (χ0v) is 11.8. The molecular weight excluding hydrogens is 284 g/mol. The van der Waals surface area contributed by atoms with Crippen molar-refractivity contribution in [3.8, 4) is 5.75 Å². The molecule has 0 spiro atoms. The lowest BCUT2D eigenvalue weighted by atomic mass is 10.2. The average molecular weight is 301 g/mol. The lowest BCUT2D eigenvalue weighted by Gasteiger charge is -2.15. The summed E-state index contributed by atoms with van der Waals surface area (Å²) in [5.41, 5.74) is 0.872. The Morgan fingerprint density at radius 3 is 2.76 bits per heavy atom. The number of carbonyl (C=O) groups is 1. The molecule has 0 aromatic heterocycles. The first-order valence-electron chi connectivity index (χ1n) is 5.46. The predicted octanol–water partition coefficient (Wildman–Crippen LogP) is 2.39. The maximum Gasteiger partial charge on any atom is 0.242 e. The van der Waals surface area contributed by atoms with Gasteiger partial charge in [0, 0.05) is 12.2 Å². The van der Waals surface area contributed by atoms with Gasteiger partial charge in [0.15, 0.2) is 0 Å². The van der Waals surface area contributed by atoms with Crippen LogP contribution in [0.25, 0.3) is 0 Å². The van der Waals surface area contributed by atoms with Crippen molar-refractivity contribution in [2.24, 2.45) is 0 Å². The third-order valence-corrected chi connectivity index (χ3v) is 2.90. The Bertz CT molecular complexity index is 396. The van der Waals surface area contributed by atoms with Crippen LogP contribution >= 0.6 is 15.9 Å². The van der Waals surface area contributed by atoms with E-state index < -0.39 is 0 Å². The molecule has 0 saturated carbocycles. The van der Waals surface area contributed by atoms with E-state index in [9.17, 15) is 4.79 Å². The molecule has 0 radical (unpaired) electrons. The van der Waals surface area contributed by atoms with Gasteiger partial charge in [-0.25, -0.2) is 0 Å². The number of anilines is 1. The first-order valence-corrected chi connectivity index (χ1v) is 6.25. The fraction of sp³-hybridized carbons (Fsp3) is 0.417. The van der Waals surface area contributed by atoms with Crippen LogP contribution in [-0.2, 0) is 4.79 Å². The molecule has 1 aromatic rings. The van der Waals surface area contributed by atoms with Crippen LogP contribution in [0.4, 0.5) is 5.69 Å². The van der Waals surface area contributed by atoms with Crippen molar-refractivity contribution in [3.63, 3.8) is 0 Å². The van der Waals surface area contributed by atoms with Crippen molar-refractivity contribution in [3.05, 3.63) is 22.7 Å².